The maximum atomic E-state index is 12.3. The lowest BCUT2D eigenvalue weighted by Gasteiger charge is -2.27. The summed E-state index contributed by atoms with van der Waals surface area (Å²) in [7, 11) is 1.67. The van der Waals surface area contributed by atoms with Crippen LogP contribution in [0.2, 0.25) is 0 Å². The van der Waals surface area contributed by atoms with E-state index in [1.165, 1.54) is 0 Å². The lowest BCUT2D eigenvalue weighted by molar-refractivity contribution is 0.00885. The molecule has 0 radical (unpaired) electrons. The van der Waals surface area contributed by atoms with Crippen LogP contribution in [-0.4, -0.2) is 34.9 Å². The normalized spacial score (nSPS) is 12.9. The van der Waals surface area contributed by atoms with Crippen LogP contribution in [0.4, 0.5) is 0 Å². The van der Waals surface area contributed by atoms with Gasteiger partial charge in [0.1, 0.15) is 0 Å². The second kappa shape index (κ2) is 7.06. The Labute approximate surface area is 140 Å². The van der Waals surface area contributed by atoms with E-state index in [-0.39, 0.29) is 22.4 Å². The Bertz CT molecular complexity index is 719. The van der Waals surface area contributed by atoms with Crippen LogP contribution in [0.3, 0.4) is 0 Å². The van der Waals surface area contributed by atoms with Gasteiger partial charge in [-0.2, -0.15) is 0 Å². The van der Waals surface area contributed by atoms with Crippen molar-refractivity contribution in [3.05, 3.63) is 34.7 Å². The highest BCUT2D eigenvalue weighted by atomic mass is 32.1. The number of ether oxygens (including phenoxy) is 1. The van der Waals surface area contributed by atoms with Gasteiger partial charge in [-0.05, 0) is 63.7 Å². The summed E-state index contributed by atoms with van der Waals surface area (Å²) in [6.07, 6.45) is 0.723. The van der Waals surface area contributed by atoms with Crippen molar-refractivity contribution < 1.29 is 13.9 Å². The Morgan fingerprint density at radius 3 is 2.61 bits per heavy atom. The van der Waals surface area contributed by atoms with Gasteiger partial charge in [0.25, 0.3) is 10.7 Å². The van der Waals surface area contributed by atoms with Gasteiger partial charge in [-0.1, -0.05) is 0 Å². The number of nitrogens with one attached hydrogen (secondary N) is 2. The molecule has 1 heterocycles. The number of hydrogen-bond acceptors (Lipinski definition) is 5. The third-order valence-electron chi connectivity index (χ3n) is 3.56. The summed E-state index contributed by atoms with van der Waals surface area (Å²) in [4.78, 5) is 12.5. The summed E-state index contributed by atoms with van der Waals surface area (Å²) in [5.41, 5.74) is 1.05. The number of aromatic nitrogens is 2. The van der Waals surface area contributed by atoms with Crippen molar-refractivity contribution in [3.63, 3.8) is 0 Å². The number of benzene rings is 1. The molecule has 0 bridgehead atoms. The molecule has 2 rings (SSSR count). The highest BCUT2D eigenvalue weighted by Crippen LogP contribution is 2.18. The molecular weight excluding hydrogens is 314 g/mol. The van der Waals surface area contributed by atoms with E-state index in [0.29, 0.717) is 11.5 Å². The summed E-state index contributed by atoms with van der Waals surface area (Å²) < 4.78 is 10.6. The predicted octanol–water partition coefficient (Wildman–Crippen LogP) is 3.33. The van der Waals surface area contributed by atoms with Gasteiger partial charge >= 0.3 is 0 Å². The molecule has 2 aromatic rings. The predicted molar refractivity (Wildman–Crippen MR) is 89.8 cm³/mol. The summed E-state index contributed by atoms with van der Waals surface area (Å²) >= 11 is 4.84. The molecule has 6 nitrogen and oxygen atoms in total. The Morgan fingerprint density at radius 1 is 1.43 bits per heavy atom. The number of H-pyrrole nitrogens is 1. The molecule has 1 amide bonds. The van der Waals surface area contributed by atoms with Crippen LogP contribution in [0.5, 0.6) is 0 Å². The summed E-state index contributed by atoms with van der Waals surface area (Å²) in [5.74, 6) is 0.274. The molecule has 0 spiro atoms. The van der Waals surface area contributed by atoms with Gasteiger partial charge in [0.15, 0.2) is 0 Å². The molecule has 23 heavy (non-hydrogen) atoms. The third-order valence-corrected chi connectivity index (χ3v) is 3.73. The number of carbonyl (C=O) groups excluding carboxylic acids is 1. The molecule has 0 saturated carbocycles. The number of carbonyl (C=O) groups is 1. The number of rotatable bonds is 6. The van der Waals surface area contributed by atoms with Gasteiger partial charge in [-0.3, -0.25) is 4.79 Å². The van der Waals surface area contributed by atoms with E-state index < -0.39 is 0 Å². The Morgan fingerprint density at radius 2 is 2.09 bits per heavy atom. The number of hydrogen-bond donors (Lipinski definition) is 2. The smallest absolute Gasteiger partial charge is 0.284 e. The van der Waals surface area contributed by atoms with Gasteiger partial charge in [0, 0.05) is 24.3 Å². The molecule has 1 aromatic carbocycles. The van der Waals surface area contributed by atoms with Gasteiger partial charge in [0.2, 0.25) is 5.89 Å². The van der Waals surface area contributed by atoms with Crippen molar-refractivity contribution >= 4 is 18.1 Å². The van der Waals surface area contributed by atoms with E-state index in [0.717, 1.165) is 12.0 Å². The zero-order valence-electron chi connectivity index (χ0n) is 13.7. The fraction of sp³-hybridized carbons (Fsp3) is 0.438. The van der Waals surface area contributed by atoms with E-state index in [1.54, 1.807) is 31.4 Å². The molecule has 0 fully saturated rings. The van der Waals surface area contributed by atoms with Crippen LogP contribution >= 0.6 is 12.2 Å². The minimum atomic E-state index is -0.278. The second-order valence-electron chi connectivity index (χ2n) is 6.04. The van der Waals surface area contributed by atoms with Crippen LogP contribution in [0.25, 0.3) is 11.5 Å². The third kappa shape index (κ3) is 4.74. The molecule has 1 atom stereocenters. The highest BCUT2D eigenvalue weighted by Gasteiger charge is 2.21. The molecule has 1 aromatic heterocycles. The summed E-state index contributed by atoms with van der Waals surface area (Å²) in [6, 6.07) is 7.00. The molecule has 124 valence electrons. The van der Waals surface area contributed by atoms with E-state index in [9.17, 15) is 4.79 Å². The second-order valence-corrected chi connectivity index (χ2v) is 6.41. The van der Waals surface area contributed by atoms with Crippen molar-refractivity contribution in [2.24, 2.45) is 0 Å². The maximum absolute atomic E-state index is 12.3. The van der Waals surface area contributed by atoms with Crippen LogP contribution in [0.1, 0.15) is 37.6 Å². The first-order valence-corrected chi connectivity index (χ1v) is 7.73. The summed E-state index contributed by atoms with van der Waals surface area (Å²) in [5, 5.41) is 9.48. The van der Waals surface area contributed by atoms with Crippen LogP contribution in [0, 0.1) is 4.84 Å². The van der Waals surface area contributed by atoms with Crippen molar-refractivity contribution in [1.82, 2.24) is 15.5 Å². The van der Waals surface area contributed by atoms with Gasteiger partial charge < -0.3 is 14.5 Å². The Kier molecular flexibility index (Phi) is 5.33. The van der Waals surface area contributed by atoms with Crippen molar-refractivity contribution in [2.75, 3.05) is 7.11 Å². The number of methoxy groups -OCH3 is 1. The van der Waals surface area contributed by atoms with Crippen LogP contribution in [-0.2, 0) is 4.74 Å². The molecular formula is C16H21N3O3S. The number of aromatic amines is 1. The largest absolute Gasteiger partial charge is 0.409 e. The summed E-state index contributed by atoms with van der Waals surface area (Å²) in [6.45, 7) is 5.94. The van der Waals surface area contributed by atoms with Crippen LogP contribution < -0.4 is 5.32 Å². The first kappa shape index (κ1) is 17.4. The van der Waals surface area contributed by atoms with Crippen molar-refractivity contribution in [3.8, 4) is 11.5 Å². The molecule has 2 N–H and O–H groups in total. The minimum absolute atomic E-state index is 0.00115. The van der Waals surface area contributed by atoms with E-state index in [2.05, 4.69) is 15.5 Å². The zero-order valence-corrected chi connectivity index (χ0v) is 14.5. The molecule has 0 aliphatic rings. The van der Waals surface area contributed by atoms with Crippen molar-refractivity contribution in [1.29, 1.82) is 0 Å². The minimum Gasteiger partial charge on any atom is -0.409 e. The first-order chi connectivity index (χ1) is 10.8. The Hall–Kier alpha value is -1.99. The average Bonchev–Trinajstić information content (AvgIpc) is 2.93. The molecule has 0 aliphatic carbocycles. The number of amides is 1. The standard InChI is InChI=1S/C16H21N3O3S/c1-10(9-16(2,3)21-4)17-13(20)11-5-7-12(8-6-11)14-18-19-15(23)22-14/h5-8,10H,9H2,1-4H3,(H,17,20)(H,19,23)/t10-/m1/s1. The molecule has 0 aliphatic heterocycles. The van der Waals surface area contributed by atoms with E-state index >= 15 is 0 Å². The van der Waals surface area contributed by atoms with Gasteiger partial charge in [-0.25, -0.2) is 5.10 Å². The molecule has 0 unspecified atom stereocenters. The Balaban J connectivity index is 2.01. The lowest BCUT2D eigenvalue weighted by atomic mass is 9.99. The highest BCUT2D eigenvalue weighted by molar-refractivity contribution is 7.71. The lowest BCUT2D eigenvalue weighted by Crippen LogP contribution is -2.38. The fourth-order valence-corrected chi connectivity index (χ4v) is 2.42. The maximum Gasteiger partial charge on any atom is 0.284 e. The van der Waals surface area contributed by atoms with Gasteiger partial charge in [-0.15, -0.1) is 5.10 Å². The SMILES string of the molecule is COC(C)(C)C[C@@H](C)NC(=O)c1ccc(-c2n[nH]c(=S)o2)cc1. The monoisotopic (exact) mass is 335 g/mol. The number of nitrogens with zero attached hydrogens (tertiary/aromatic N) is 1. The molecule has 0 saturated heterocycles. The average molecular weight is 335 g/mol. The van der Waals surface area contributed by atoms with Crippen LogP contribution in [0.15, 0.2) is 28.7 Å². The fourth-order valence-electron chi connectivity index (χ4n) is 2.30. The zero-order chi connectivity index (χ0) is 17.0. The molecule has 7 heteroatoms. The first-order valence-electron chi connectivity index (χ1n) is 7.33. The van der Waals surface area contributed by atoms with E-state index in [4.69, 9.17) is 21.4 Å². The van der Waals surface area contributed by atoms with Gasteiger partial charge in [0.05, 0.1) is 5.60 Å². The quantitative estimate of drug-likeness (QED) is 0.792. The van der Waals surface area contributed by atoms with E-state index in [1.807, 2.05) is 20.8 Å². The van der Waals surface area contributed by atoms with Crippen molar-refractivity contribution in [2.45, 2.75) is 38.8 Å². The topological polar surface area (TPSA) is 80.1 Å².